The predicted molar refractivity (Wildman–Crippen MR) is 453 cm³/mol. The Morgan fingerprint density at radius 1 is 0.178 bits per heavy atom. The highest BCUT2D eigenvalue weighted by Crippen LogP contribution is 2.44. The number of benzene rings is 16. The van der Waals surface area contributed by atoms with Crippen LogP contribution in [0.25, 0.3) is 199 Å². The van der Waals surface area contributed by atoms with Crippen LogP contribution in [0.5, 0.6) is 0 Å². The molecule has 16 aromatic carbocycles. The van der Waals surface area contributed by atoms with Gasteiger partial charge in [-0.25, -0.2) is 0 Å². The average molecular weight is 1360 g/mol. The van der Waals surface area contributed by atoms with Crippen molar-refractivity contribution in [2.75, 3.05) is 0 Å². The molecule has 0 saturated carbocycles. The lowest BCUT2D eigenvalue weighted by atomic mass is 9.98. The van der Waals surface area contributed by atoms with Crippen LogP contribution < -0.4 is 0 Å². The summed E-state index contributed by atoms with van der Waals surface area (Å²) in [4.78, 5) is 0. The molecule has 0 aliphatic heterocycles. The van der Waals surface area contributed by atoms with E-state index in [0.29, 0.717) is 0 Å². The Bertz CT molecular complexity index is 7130. The minimum Gasteiger partial charge on any atom is -0.310 e. The van der Waals surface area contributed by atoms with E-state index in [4.69, 9.17) is 0 Å². The first-order valence-electron chi connectivity index (χ1n) is 37.0. The largest absolute Gasteiger partial charge is 0.310 e. The molecule has 0 saturated heterocycles. The van der Waals surface area contributed by atoms with Crippen LogP contribution >= 0.6 is 0 Å². The molecule has 5 heterocycles. The number of fused-ring (bicyclic) bond motifs is 13. The normalized spacial score (nSPS) is 12.0. The Kier molecular flexibility index (Phi) is 14.3. The first kappa shape index (κ1) is 61.6. The molecule has 0 spiro atoms. The SMILES string of the molecule is C/C=C\c1c(C)c2cc(-c3ccc4c(c3)c3ccccc3n4-c3ccc(-c4ccc(-c5ccc6c7cc(-c8ccc9c(c8)c8cc(-c%10ccc%11c(c%10)c%10ccccc%10n%11-c%10ccccc%10)ccc8n9-c8ccccc8)ccc7n(-c7ccccc7)c6c5)cc4)cc3)ccc2n1-c1ccc(-c2ccccc2)cc1. The van der Waals surface area contributed by atoms with Crippen molar-refractivity contribution in [1.82, 2.24) is 22.8 Å². The zero-order valence-corrected chi connectivity index (χ0v) is 59.1. The molecular formula is C102H69N5. The van der Waals surface area contributed by atoms with Gasteiger partial charge in [-0.3, -0.25) is 0 Å². The van der Waals surface area contributed by atoms with Crippen LogP contribution in [0.3, 0.4) is 0 Å². The molecule has 0 atom stereocenters. The Labute approximate surface area is 619 Å². The summed E-state index contributed by atoms with van der Waals surface area (Å²) in [7, 11) is 0. The molecular weight excluding hydrogens is 1300 g/mol. The molecule has 0 bridgehead atoms. The van der Waals surface area contributed by atoms with Crippen molar-refractivity contribution in [3.05, 3.63) is 387 Å². The summed E-state index contributed by atoms with van der Waals surface area (Å²) >= 11 is 0. The van der Waals surface area contributed by atoms with Gasteiger partial charge >= 0.3 is 0 Å². The highest BCUT2D eigenvalue weighted by atomic mass is 15.0. The summed E-state index contributed by atoms with van der Waals surface area (Å²) in [6.07, 6.45) is 4.38. The number of para-hydroxylation sites is 5. The first-order valence-corrected chi connectivity index (χ1v) is 37.0. The van der Waals surface area contributed by atoms with E-state index in [0.717, 1.165) is 28.4 Å². The molecule has 0 radical (unpaired) electrons. The molecule has 21 rings (SSSR count). The molecule has 5 aromatic heterocycles. The monoisotopic (exact) mass is 1360 g/mol. The van der Waals surface area contributed by atoms with Crippen molar-refractivity contribution in [3.8, 4) is 95.2 Å². The van der Waals surface area contributed by atoms with Gasteiger partial charge in [-0.05, 0) is 244 Å². The third-order valence-electron chi connectivity index (χ3n) is 22.4. The molecule has 21 aromatic rings. The molecule has 0 fully saturated rings. The second-order valence-corrected chi connectivity index (χ2v) is 28.4. The number of hydrogen-bond acceptors (Lipinski definition) is 0. The van der Waals surface area contributed by atoms with Crippen molar-refractivity contribution >= 4 is 104 Å². The Morgan fingerprint density at radius 2 is 0.421 bits per heavy atom. The van der Waals surface area contributed by atoms with Crippen molar-refractivity contribution in [3.63, 3.8) is 0 Å². The predicted octanol–water partition coefficient (Wildman–Crippen LogP) is 27.4. The molecule has 0 N–H and O–H groups in total. The maximum absolute atomic E-state index is 2.44. The molecule has 5 heteroatoms. The zero-order chi connectivity index (χ0) is 70.8. The maximum atomic E-state index is 2.44. The minimum absolute atomic E-state index is 1.13. The average Bonchev–Trinajstić information content (AvgIpc) is 1.59. The van der Waals surface area contributed by atoms with Gasteiger partial charge in [0.15, 0.2) is 0 Å². The number of hydrogen-bond donors (Lipinski definition) is 0. The summed E-state index contributed by atoms with van der Waals surface area (Å²) < 4.78 is 12.1. The number of nitrogens with zero attached hydrogens (tertiary/aromatic N) is 5. The van der Waals surface area contributed by atoms with Crippen LogP contribution in [0, 0.1) is 6.92 Å². The lowest BCUT2D eigenvalue weighted by molar-refractivity contribution is 1.10. The van der Waals surface area contributed by atoms with Crippen molar-refractivity contribution in [2.45, 2.75) is 13.8 Å². The van der Waals surface area contributed by atoms with Crippen molar-refractivity contribution in [2.24, 2.45) is 0 Å². The molecule has 0 amide bonds. The van der Waals surface area contributed by atoms with E-state index in [1.807, 2.05) is 0 Å². The van der Waals surface area contributed by atoms with Crippen LogP contribution in [0.15, 0.2) is 376 Å². The molecule has 0 aliphatic rings. The van der Waals surface area contributed by atoms with Crippen LogP contribution in [-0.4, -0.2) is 22.8 Å². The third kappa shape index (κ3) is 10.1. The molecule has 0 aliphatic carbocycles. The van der Waals surface area contributed by atoms with Crippen LogP contribution in [-0.2, 0) is 0 Å². The van der Waals surface area contributed by atoms with Gasteiger partial charge in [0.1, 0.15) is 0 Å². The Morgan fingerprint density at radius 3 is 0.813 bits per heavy atom. The molecule has 502 valence electrons. The lowest BCUT2D eigenvalue weighted by Gasteiger charge is -2.11. The van der Waals surface area contributed by atoms with Gasteiger partial charge < -0.3 is 22.8 Å². The Hall–Kier alpha value is -14.0. The first-order chi connectivity index (χ1) is 52.9. The van der Waals surface area contributed by atoms with Gasteiger partial charge in [-0.1, -0.05) is 224 Å². The number of aryl methyl sites for hydroxylation is 1. The fourth-order valence-corrected chi connectivity index (χ4v) is 17.3. The van der Waals surface area contributed by atoms with E-state index in [1.54, 1.807) is 0 Å². The van der Waals surface area contributed by atoms with E-state index < -0.39 is 0 Å². The fourth-order valence-electron chi connectivity index (χ4n) is 17.3. The van der Waals surface area contributed by atoms with Crippen LogP contribution in [0.1, 0.15) is 18.2 Å². The van der Waals surface area contributed by atoms with E-state index in [-0.39, 0.29) is 0 Å². The lowest BCUT2D eigenvalue weighted by Crippen LogP contribution is -1.97. The maximum Gasteiger partial charge on any atom is 0.0547 e. The van der Waals surface area contributed by atoms with Crippen LogP contribution in [0.2, 0.25) is 0 Å². The third-order valence-corrected chi connectivity index (χ3v) is 22.4. The molecule has 0 unspecified atom stereocenters. The second kappa shape index (κ2) is 24.9. The quantitative estimate of drug-likeness (QED) is 0.116. The van der Waals surface area contributed by atoms with Gasteiger partial charge in [-0.2, -0.15) is 0 Å². The summed E-state index contributed by atoms with van der Waals surface area (Å²) in [5.41, 5.74) is 33.0. The molecule has 107 heavy (non-hydrogen) atoms. The fraction of sp³-hybridized carbons (Fsp3) is 0.0196. The standard InChI is InChI=1S/C102H69N5/c1-3-20-93-66(2)87-59-72(42-53-96(87)103(93)82-48-37-69(38-49-82)67-21-8-4-9-22-67)73-43-55-98-89(60-73)85-30-17-19-32-95(85)106(98)83-50-39-70(40-51-83)68-33-35-71(36-34-68)78-41-52-86-90-62-75(45-56-99(90)107(102(86)65-78)81-27-14-7-15-28-81)77-47-58-101-92(64-77)91-63-76(46-57-100(91)105(101)80-25-12-6-13-26-80)74-44-54-97-88(61-74)84-29-16-18-31-94(84)104(97)79-23-10-5-11-24-79/h3-65H,1-2H3/b20-3-. The smallest absolute Gasteiger partial charge is 0.0547 e. The topological polar surface area (TPSA) is 24.6 Å². The van der Waals surface area contributed by atoms with Gasteiger partial charge in [0.25, 0.3) is 0 Å². The zero-order valence-electron chi connectivity index (χ0n) is 59.1. The van der Waals surface area contributed by atoms with Gasteiger partial charge in [0.2, 0.25) is 0 Å². The van der Waals surface area contributed by atoms with E-state index in [1.165, 1.54) is 176 Å². The molecule has 5 nitrogen and oxygen atoms in total. The van der Waals surface area contributed by atoms with Gasteiger partial charge in [0.05, 0.1) is 49.7 Å². The van der Waals surface area contributed by atoms with Crippen molar-refractivity contribution < 1.29 is 0 Å². The van der Waals surface area contributed by atoms with Crippen molar-refractivity contribution in [1.29, 1.82) is 0 Å². The number of rotatable bonds is 12. The summed E-state index contributed by atoms with van der Waals surface area (Å²) in [5, 5.41) is 11.1. The van der Waals surface area contributed by atoms with E-state index >= 15 is 0 Å². The van der Waals surface area contributed by atoms with Crippen LogP contribution in [0.4, 0.5) is 0 Å². The van der Waals surface area contributed by atoms with Gasteiger partial charge in [0, 0.05) is 82.6 Å². The summed E-state index contributed by atoms with van der Waals surface area (Å²) in [6.45, 7) is 4.36. The highest BCUT2D eigenvalue weighted by Gasteiger charge is 2.22. The van der Waals surface area contributed by atoms with Gasteiger partial charge in [-0.15, -0.1) is 0 Å². The number of allylic oxidation sites excluding steroid dienone is 1. The Balaban J connectivity index is 0.592. The number of aromatic nitrogens is 5. The minimum atomic E-state index is 1.13. The second-order valence-electron chi connectivity index (χ2n) is 28.4. The summed E-state index contributed by atoms with van der Waals surface area (Å²) in [6, 6.07) is 137. The summed E-state index contributed by atoms with van der Waals surface area (Å²) in [5.74, 6) is 0. The highest BCUT2D eigenvalue weighted by molar-refractivity contribution is 6.16. The van der Waals surface area contributed by atoms with E-state index in [9.17, 15) is 0 Å². The van der Waals surface area contributed by atoms with E-state index in [2.05, 4.69) is 419 Å².